The Bertz CT molecular complexity index is 1760. The second-order valence-corrected chi connectivity index (χ2v) is 22.3. The van der Waals surface area contributed by atoms with Gasteiger partial charge in [0.2, 0.25) is 0 Å². The smallest absolute Gasteiger partial charge is 0.462 e. The number of unbranched alkanes of at least 4 members (excludes halogenated alkanes) is 23. The summed E-state index contributed by atoms with van der Waals surface area (Å²) in [5, 5.41) is 9.85. The van der Waals surface area contributed by atoms with Gasteiger partial charge in [0, 0.05) is 19.3 Å². The average molecular weight is 1140 g/mol. The lowest BCUT2D eigenvalue weighted by Gasteiger charge is -2.21. The average Bonchev–Trinajstić information content (AvgIpc) is 3.45. The highest BCUT2D eigenvalue weighted by Gasteiger charge is 2.28. The van der Waals surface area contributed by atoms with Crippen LogP contribution in [0.25, 0.3) is 0 Å². The first-order chi connectivity index (χ1) is 39.2. The van der Waals surface area contributed by atoms with E-state index in [2.05, 4.69) is 118 Å². The topological polar surface area (TPSA) is 155 Å². The number of hydrogen-bond acceptors (Lipinski definition) is 10. The number of phosphoric acid groups is 1. The Morgan fingerprint density at radius 1 is 0.362 bits per heavy atom. The van der Waals surface area contributed by atoms with Crippen molar-refractivity contribution in [3.05, 3.63) is 109 Å². The van der Waals surface area contributed by atoms with Crippen molar-refractivity contribution in [2.24, 2.45) is 0 Å². The van der Waals surface area contributed by atoms with E-state index in [9.17, 15) is 28.9 Å². The lowest BCUT2D eigenvalue weighted by molar-refractivity contribution is -0.161. The van der Waals surface area contributed by atoms with Gasteiger partial charge in [0.05, 0.1) is 19.8 Å². The molecule has 3 unspecified atom stereocenters. The van der Waals surface area contributed by atoms with Gasteiger partial charge in [0.15, 0.2) is 6.10 Å². The fraction of sp³-hybridized carbons (Fsp3) is 0.691. The maximum Gasteiger partial charge on any atom is 0.472 e. The summed E-state index contributed by atoms with van der Waals surface area (Å²) >= 11 is 0. The molecule has 0 saturated heterocycles. The van der Waals surface area contributed by atoms with Crippen LogP contribution in [0.2, 0.25) is 0 Å². The van der Waals surface area contributed by atoms with E-state index in [0.29, 0.717) is 19.3 Å². The number of allylic oxidation sites excluding steroid dienone is 18. The van der Waals surface area contributed by atoms with Crippen molar-refractivity contribution in [3.63, 3.8) is 0 Å². The largest absolute Gasteiger partial charge is 0.472 e. The van der Waals surface area contributed by atoms with Crippen LogP contribution >= 0.6 is 7.82 Å². The molecular weight excluding hydrogens is 1020 g/mol. The lowest BCUT2D eigenvalue weighted by atomic mass is 10.0. The fourth-order valence-corrected chi connectivity index (χ4v) is 9.17. The first-order valence-electron chi connectivity index (χ1n) is 31.8. The molecule has 0 bridgehead atoms. The molecule has 0 amide bonds. The van der Waals surface area contributed by atoms with Crippen LogP contribution in [0, 0.1) is 0 Å². The van der Waals surface area contributed by atoms with E-state index < -0.39 is 57.8 Å². The summed E-state index contributed by atoms with van der Waals surface area (Å²) < 4.78 is 39.6. The van der Waals surface area contributed by atoms with Crippen molar-refractivity contribution in [2.45, 2.75) is 277 Å². The van der Waals surface area contributed by atoms with Crippen molar-refractivity contribution in [1.82, 2.24) is 0 Å². The lowest BCUT2D eigenvalue weighted by Crippen LogP contribution is -2.30. The van der Waals surface area contributed by atoms with Crippen LogP contribution in [0.4, 0.5) is 0 Å². The number of aliphatic hydroxyl groups excluding tert-OH is 1. The van der Waals surface area contributed by atoms with Crippen molar-refractivity contribution in [2.75, 3.05) is 26.4 Å². The van der Waals surface area contributed by atoms with E-state index in [1.165, 1.54) is 96.3 Å². The number of esters is 3. The Morgan fingerprint density at radius 2 is 0.675 bits per heavy atom. The molecule has 0 aliphatic carbocycles. The second-order valence-electron chi connectivity index (χ2n) is 20.8. The zero-order valence-corrected chi connectivity index (χ0v) is 51.7. The highest BCUT2D eigenvalue weighted by atomic mass is 31.2. The molecule has 0 aliphatic heterocycles. The van der Waals surface area contributed by atoms with Gasteiger partial charge < -0.3 is 24.2 Å². The van der Waals surface area contributed by atoms with E-state index in [1.54, 1.807) is 0 Å². The number of ether oxygens (including phenoxy) is 3. The van der Waals surface area contributed by atoms with Crippen molar-refractivity contribution in [3.8, 4) is 0 Å². The van der Waals surface area contributed by atoms with Crippen LogP contribution in [-0.2, 0) is 42.2 Å². The monoisotopic (exact) mass is 1140 g/mol. The third-order valence-electron chi connectivity index (χ3n) is 13.2. The number of phosphoric ester groups is 1. The molecule has 0 rings (SSSR count). The van der Waals surface area contributed by atoms with Crippen LogP contribution in [0.15, 0.2) is 109 Å². The number of carbonyl (C=O) groups excluding carboxylic acids is 3. The van der Waals surface area contributed by atoms with Gasteiger partial charge in [-0.2, -0.15) is 0 Å². The molecule has 0 heterocycles. The number of hydrogen-bond donors (Lipinski definition) is 2. The molecule has 0 aromatic heterocycles. The first-order valence-corrected chi connectivity index (χ1v) is 33.3. The molecule has 0 saturated carbocycles. The third-order valence-corrected chi connectivity index (χ3v) is 14.1. The van der Waals surface area contributed by atoms with E-state index in [1.807, 2.05) is 12.2 Å². The zero-order valence-electron chi connectivity index (χ0n) is 50.8. The van der Waals surface area contributed by atoms with Gasteiger partial charge in [0.25, 0.3) is 0 Å². The molecule has 0 spiro atoms. The molecule has 12 heteroatoms. The summed E-state index contributed by atoms with van der Waals surface area (Å²) in [5.74, 6) is -1.58. The quantitative estimate of drug-likeness (QED) is 0.0197. The highest BCUT2D eigenvalue weighted by molar-refractivity contribution is 7.47. The summed E-state index contributed by atoms with van der Waals surface area (Å²) in [5.41, 5.74) is 0. The van der Waals surface area contributed by atoms with Crippen LogP contribution in [-0.4, -0.2) is 66.5 Å². The SMILES string of the molecule is CC/C=C\C/C=C\C/C=C\C/C=C\C/C=C\C/C=C\CCC(=O)OCC(COP(=O)(O)OCC(CO)OC(=O)CCCCCCCCCCCCCCCCC)OC(=O)CCCCCCCC/C=C\C/C=C\C/C=C\CCCCC. The molecule has 0 aromatic rings. The van der Waals surface area contributed by atoms with Gasteiger partial charge in [-0.3, -0.25) is 23.4 Å². The van der Waals surface area contributed by atoms with Crippen LogP contribution in [0.5, 0.6) is 0 Å². The maximum atomic E-state index is 12.9. The molecular formula is C68H115O11P. The summed E-state index contributed by atoms with van der Waals surface area (Å²) in [6.07, 6.45) is 74.8. The normalized spacial score (nSPS) is 14.0. The van der Waals surface area contributed by atoms with Gasteiger partial charge >= 0.3 is 25.7 Å². The second kappa shape index (κ2) is 61.2. The van der Waals surface area contributed by atoms with Crippen molar-refractivity contribution >= 4 is 25.7 Å². The van der Waals surface area contributed by atoms with E-state index >= 15 is 0 Å². The summed E-state index contributed by atoms with van der Waals surface area (Å²) in [7, 11) is -4.78. The van der Waals surface area contributed by atoms with Crippen molar-refractivity contribution in [1.29, 1.82) is 0 Å². The Hall–Kier alpha value is -3.86. The highest BCUT2D eigenvalue weighted by Crippen LogP contribution is 2.43. The molecule has 3 atom stereocenters. The number of carbonyl (C=O) groups is 3. The third kappa shape index (κ3) is 58.8. The Kier molecular flexibility index (Phi) is 58.3. The van der Waals surface area contributed by atoms with Gasteiger partial charge in [0.1, 0.15) is 12.7 Å². The van der Waals surface area contributed by atoms with Gasteiger partial charge in [-0.15, -0.1) is 0 Å². The van der Waals surface area contributed by atoms with Crippen LogP contribution in [0.3, 0.4) is 0 Å². The van der Waals surface area contributed by atoms with E-state index in [4.69, 9.17) is 23.3 Å². The molecule has 80 heavy (non-hydrogen) atoms. The summed E-state index contributed by atoms with van der Waals surface area (Å²) in [6.45, 7) is 4.43. The van der Waals surface area contributed by atoms with Crippen molar-refractivity contribution < 1.29 is 52.2 Å². The maximum absolute atomic E-state index is 12.9. The fourth-order valence-electron chi connectivity index (χ4n) is 8.39. The van der Waals surface area contributed by atoms with Gasteiger partial charge in [-0.25, -0.2) is 4.57 Å². The summed E-state index contributed by atoms with van der Waals surface area (Å²) in [6, 6.07) is 0. The molecule has 0 radical (unpaired) electrons. The Morgan fingerprint density at radius 3 is 1.07 bits per heavy atom. The Balaban J connectivity index is 4.84. The first kappa shape index (κ1) is 76.1. The predicted molar refractivity (Wildman–Crippen MR) is 334 cm³/mol. The molecule has 0 aromatic carbocycles. The van der Waals surface area contributed by atoms with Gasteiger partial charge in [-0.05, 0) is 96.3 Å². The van der Waals surface area contributed by atoms with Crippen LogP contribution in [0.1, 0.15) is 265 Å². The predicted octanol–water partition coefficient (Wildman–Crippen LogP) is 19.4. The number of rotatable bonds is 58. The van der Waals surface area contributed by atoms with E-state index in [-0.39, 0.29) is 25.9 Å². The zero-order chi connectivity index (χ0) is 58.3. The molecule has 458 valence electrons. The van der Waals surface area contributed by atoms with Crippen LogP contribution < -0.4 is 0 Å². The minimum absolute atomic E-state index is 0.0942. The van der Waals surface area contributed by atoms with Gasteiger partial charge in [-0.1, -0.05) is 259 Å². The molecule has 0 aliphatic rings. The molecule has 2 N–H and O–H groups in total. The van der Waals surface area contributed by atoms with E-state index in [0.717, 1.165) is 109 Å². The minimum Gasteiger partial charge on any atom is -0.462 e. The minimum atomic E-state index is -4.78. The molecule has 11 nitrogen and oxygen atoms in total. The Labute approximate surface area is 488 Å². The number of aliphatic hydroxyl groups is 1. The standard InChI is InChI=1S/C68H115O11P/c1-4-7-10-13-16-19-22-25-28-30-32-34-37-39-42-45-48-51-54-57-66(70)75-61-65(79-68(72)59-56-53-50-47-44-41-38-35-33-31-29-26-23-20-17-14-11-8-5-2)63-77-80(73,74)76-62-64(60-69)78-67(71)58-55-52-49-46-43-40-36-27-24-21-18-15-12-9-6-3/h7,10,16-17,19-20,25-26,28-29,32-35,39,42,48,51,64-65,69H,4-6,8-9,11-15,18,21-24,27,30-31,36-38,40-41,43-47,49-50,52-63H2,1-3H3,(H,73,74)/b10-7-,19-16-,20-17-,28-25-,29-26-,34-32-,35-33-,42-39-,51-48-. The summed E-state index contributed by atoms with van der Waals surface area (Å²) in [4.78, 5) is 48.7. The molecule has 0 fully saturated rings.